The number of aryl methyl sites for hydroxylation is 1. The molecule has 0 bridgehead atoms. The van der Waals surface area contributed by atoms with Gasteiger partial charge in [-0.15, -0.1) is 0 Å². The number of alkyl halides is 3. The first-order valence-electron chi connectivity index (χ1n) is 5.40. The van der Waals surface area contributed by atoms with E-state index in [0.29, 0.717) is 18.5 Å². The summed E-state index contributed by atoms with van der Waals surface area (Å²) in [6.07, 6.45) is -2.89. The molecule has 1 aromatic carbocycles. The molecule has 0 radical (unpaired) electrons. The molecule has 2 nitrogen and oxygen atoms in total. The third-order valence-electron chi connectivity index (χ3n) is 2.68. The Kier molecular flexibility index (Phi) is 3.11. The van der Waals surface area contributed by atoms with Crippen LogP contribution in [0.2, 0.25) is 0 Å². The molecule has 1 aromatic heterocycles. The maximum absolute atomic E-state index is 12.7. The van der Waals surface area contributed by atoms with Crippen LogP contribution in [0.4, 0.5) is 13.2 Å². The van der Waals surface area contributed by atoms with Crippen LogP contribution in [-0.4, -0.2) is 11.5 Å². The molecule has 0 aliphatic heterocycles. The monoisotopic (exact) mass is 242 g/mol. The highest BCUT2D eigenvalue weighted by atomic mass is 19.4. The second-order valence-corrected chi connectivity index (χ2v) is 3.95. The van der Waals surface area contributed by atoms with E-state index in [-0.39, 0.29) is 5.39 Å². The number of benzene rings is 1. The van der Waals surface area contributed by atoms with E-state index in [1.807, 2.05) is 0 Å². The van der Waals surface area contributed by atoms with E-state index >= 15 is 0 Å². The van der Waals surface area contributed by atoms with E-state index < -0.39 is 11.7 Å². The normalized spacial score (nSPS) is 12.2. The summed E-state index contributed by atoms with van der Waals surface area (Å²) in [5.74, 6) is 0. The lowest BCUT2D eigenvalue weighted by molar-refractivity contribution is -0.136. The van der Waals surface area contributed by atoms with E-state index in [0.717, 1.165) is 18.2 Å². The predicted octanol–water partition coefficient (Wildman–Crippen LogP) is 3.08. The number of aromatic amines is 1. The van der Waals surface area contributed by atoms with Crippen molar-refractivity contribution in [1.82, 2.24) is 4.98 Å². The van der Waals surface area contributed by atoms with Gasteiger partial charge in [-0.25, -0.2) is 0 Å². The Morgan fingerprint density at radius 2 is 2.00 bits per heavy atom. The molecule has 0 aliphatic rings. The highest BCUT2D eigenvalue weighted by Gasteiger charge is 2.32. The summed E-state index contributed by atoms with van der Waals surface area (Å²) in [4.78, 5) is 2.99. The first-order valence-corrected chi connectivity index (χ1v) is 5.40. The van der Waals surface area contributed by atoms with Gasteiger partial charge in [0, 0.05) is 16.6 Å². The molecule has 2 rings (SSSR count). The standard InChI is InChI=1S/C12H13F3N2/c13-12(14,15)10-4-1-5-11-9(10)7-8(17-11)3-2-6-16/h1,4-5,7,17H,2-3,6,16H2. The van der Waals surface area contributed by atoms with Crippen LogP contribution < -0.4 is 5.73 Å². The van der Waals surface area contributed by atoms with E-state index in [4.69, 9.17) is 5.73 Å². The van der Waals surface area contributed by atoms with Gasteiger partial charge >= 0.3 is 6.18 Å². The van der Waals surface area contributed by atoms with Crippen LogP contribution in [0.5, 0.6) is 0 Å². The third-order valence-corrected chi connectivity index (χ3v) is 2.68. The van der Waals surface area contributed by atoms with Gasteiger partial charge in [-0.05, 0) is 37.6 Å². The molecular formula is C12H13F3N2. The fraction of sp³-hybridized carbons (Fsp3) is 0.333. The van der Waals surface area contributed by atoms with Crippen molar-refractivity contribution in [2.45, 2.75) is 19.0 Å². The molecule has 0 spiro atoms. The molecule has 0 saturated carbocycles. The Bertz CT molecular complexity index is 514. The summed E-state index contributed by atoms with van der Waals surface area (Å²) in [5.41, 5.74) is 6.10. The van der Waals surface area contributed by atoms with Gasteiger partial charge in [-0.1, -0.05) is 6.07 Å². The lowest BCUT2D eigenvalue weighted by atomic mass is 10.1. The molecule has 0 fully saturated rings. The molecule has 92 valence electrons. The fourth-order valence-electron chi connectivity index (χ4n) is 1.89. The zero-order chi connectivity index (χ0) is 12.5. The van der Waals surface area contributed by atoms with Gasteiger partial charge in [0.2, 0.25) is 0 Å². The largest absolute Gasteiger partial charge is 0.417 e. The number of hydrogen-bond donors (Lipinski definition) is 2. The number of halogens is 3. The molecule has 0 unspecified atom stereocenters. The third kappa shape index (κ3) is 2.44. The maximum atomic E-state index is 12.7. The Morgan fingerprint density at radius 1 is 1.24 bits per heavy atom. The summed E-state index contributed by atoms with van der Waals surface area (Å²) < 4.78 is 38.2. The van der Waals surface area contributed by atoms with E-state index in [9.17, 15) is 13.2 Å². The fourth-order valence-corrected chi connectivity index (χ4v) is 1.89. The second kappa shape index (κ2) is 4.41. The quantitative estimate of drug-likeness (QED) is 0.853. The van der Waals surface area contributed by atoms with Crippen LogP contribution in [0.1, 0.15) is 17.7 Å². The highest BCUT2D eigenvalue weighted by Crippen LogP contribution is 2.35. The minimum absolute atomic E-state index is 0.229. The molecule has 3 N–H and O–H groups in total. The Labute approximate surface area is 96.6 Å². The minimum Gasteiger partial charge on any atom is -0.358 e. The van der Waals surface area contributed by atoms with Crippen molar-refractivity contribution in [2.24, 2.45) is 5.73 Å². The first kappa shape index (κ1) is 12.0. The van der Waals surface area contributed by atoms with Crippen LogP contribution in [-0.2, 0) is 12.6 Å². The number of hydrogen-bond acceptors (Lipinski definition) is 1. The zero-order valence-corrected chi connectivity index (χ0v) is 9.14. The number of rotatable bonds is 3. The molecule has 17 heavy (non-hydrogen) atoms. The second-order valence-electron chi connectivity index (χ2n) is 3.95. The van der Waals surface area contributed by atoms with Crippen molar-refractivity contribution in [3.05, 3.63) is 35.5 Å². The molecule has 2 aromatic rings. The lowest BCUT2D eigenvalue weighted by Gasteiger charge is -2.06. The Balaban J connectivity index is 2.46. The predicted molar refractivity (Wildman–Crippen MR) is 60.7 cm³/mol. The van der Waals surface area contributed by atoms with Gasteiger partial charge in [-0.3, -0.25) is 0 Å². The van der Waals surface area contributed by atoms with Gasteiger partial charge in [0.25, 0.3) is 0 Å². The smallest absolute Gasteiger partial charge is 0.358 e. The summed E-state index contributed by atoms with van der Waals surface area (Å²) in [6, 6.07) is 5.72. The first-order chi connectivity index (χ1) is 8.02. The van der Waals surface area contributed by atoms with Gasteiger partial charge in [-0.2, -0.15) is 13.2 Å². The van der Waals surface area contributed by atoms with Gasteiger partial charge < -0.3 is 10.7 Å². The van der Waals surface area contributed by atoms with Gasteiger partial charge in [0.05, 0.1) is 5.56 Å². The Hall–Kier alpha value is -1.49. The topological polar surface area (TPSA) is 41.8 Å². The SMILES string of the molecule is NCCCc1cc2c(C(F)(F)F)cccc2[nH]1. The van der Waals surface area contributed by atoms with E-state index in [2.05, 4.69) is 4.98 Å². The average Bonchev–Trinajstić information content (AvgIpc) is 2.66. The molecule has 1 heterocycles. The van der Waals surface area contributed by atoms with Gasteiger partial charge in [0.1, 0.15) is 0 Å². The summed E-state index contributed by atoms with van der Waals surface area (Å²) in [6.45, 7) is 0.529. The maximum Gasteiger partial charge on any atom is 0.417 e. The summed E-state index contributed by atoms with van der Waals surface area (Å²) in [5, 5.41) is 0.229. The molecular weight excluding hydrogens is 229 g/mol. The van der Waals surface area contributed by atoms with Crippen LogP contribution in [0, 0.1) is 0 Å². The van der Waals surface area contributed by atoms with E-state index in [1.54, 1.807) is 12.1 Å². The minimum atomic E-state index is -4.31. The molecule has 0 atom stereocenters. The molecule has 0 saturated heterocycles. The number of fused-ring (bicyclic) bond motifs is 1. The van der Waals surface area contributed by atoms with E-state index in [1.165, 1.54) is 6.07 Å². The lowest BCUT2D eigenvalue weighted by Crippen LogP contribution is -2.04. The van der Waals surface area contributed by atoms with Crippen LogP contribution >= 0.6 is 0 Å². The average molecular weight is 242 g/mol. The summed E-state index contributed by atoms with van der Waals surface area (Å²) in [7, 11) is 0. The van der Waals surface area contributed by atoms with Crippen molar-refractivity contribution in [3.63, 3.8) is 0 Å². The number of aromatic nitrogens is 1. The van der Waals surface area contributed by atoms with Crippen molar-refractivity contribution in [3.8, 4) is 0 Å². The zero-order valence-electron chi connectivity index (χ0n) is 9.14. The summed E-state index contributed by atoms with van der Waals surface area (Å²) >= 11 is 0. The van der Waals surface area contributed by atoms with Crippen molar-refractivity contribution < 1.29 is 13.2 Å². The van der Waals surface area contributed by atoms with Crippen LogP contribution in [0.3, 0.4) is 0 Å². The number of H-pyrrole nitrogens is 1. The van der Waals surface area contributed by atoms with Crippen molar-refractivity contribution in [2.75, 3.05) is 6.54 Å². The highest BCUT2D eigenvalue weighted by molar-refractivity contribution is 5.84. The molecule has 0 amide bonds. The number of nitrogens with two attached hydrogens (primary N) is 1. The van der Waals surface area contributed by atoms with Crippen molar-refractivity contribution >= 4 is 10.9 Å². The van der Waals surface area contributed by atoms with Gasteiger partial charge in [0.15, 0.2) is 0 Å². The molecule has 0 aliphatic carbocycles. The Morgan fingerprint density at radius 3 is 2.65 bits per heavy atom. The molecule has 5 heteroatoms. The number of nitrogens with one attached hydrogen (secondary N) is 1. The van der Waals surface area contributed by atoms with Crippen molar-refractivity contribution in [1.29, 1.82) is 0 Å². The van der Waals surface area contributed by atoms with Crippen LogP contribution in [0.15, 0.2) is 24.3 Å². The van der Waals surface area contributed by atoms with Crippen LogP contribution in [0.25, 0.3) is 10.9 Å².